The van der Waals surface area contributed by atoms with E-state index in [2.05, 4.69) is 33.4 Å². The Morgan fingerprint density at radius 2 is 1.94 bits per heavy atom. The summed E-state index contributed by atoms with van der Waals surface area (Å²) in [5.74, 6) is 0.776. The smallest absolute Gasteiger partial charge is 0.121 e. The molecule has 0 heterocycles. The summed E-state index contributed by atoms with van der Waals surface area (Å²) in [6.45, 7) is 2.05. The number of nitrogens with one attached hydrogen (secondary N) is 1. The van der Waals surface area contributed by atoms with E-state index in [9.17, 15) is 0 Å². The first kappa shape index (κ1) is 12.8. The number of benzene rings is 2. The van der Waals surface area contributed by atoms with Gasteiger partial charge in [0.05, 0.1) is 18.5 Å². The number of hydrogen-bond donors (Lipinski definition) is 2. The minimum Gasteiger partial charge on any atom is -0.497 e. The molecule has 0 atom stereocenters. The predicted octanol–water partition coefficient (Wildman–Crippen LogP) is 4.09. The molecular formula is C14H15BrN2O. The summed E-state index contributed by atoms with van der Waals surface area (Å²) in [5, 5.41) is 3.29. The van der Waals surface area contributed by atoms with Gasteiger partial charge in [0.25, 0.3) is 0 Å². The lowest BCUT2D eigenvalue weighted by molar-refractivity contribution is 0.415. The number of nitrogen functional groups attached to an aromatic ring is 1. The Morgan fingerprint density at radius 1 is 1.17 bits per heavy atom. The molecular weight excluding hydrogens is 292 g/mol. The number of hydrogen-bond acceptors (Lipinski definition) is 3. The maximum absolute atomic E-state index is 5.94. The van der Waals surface area contributed by atoms with Gasteiger partial charge in [-0.25, -0.2) is 0 Å². The largest absolute Gasteiger partial charge is 0.497 e. The van der Waals surface area contributed by atoms with Gasteiger partial charge < -0.3 is 15.8 Å². The summed E-state index contributed by atoms with van der Waals surface area (Å²) in [6, 6.07) is 11.7. The molecule has 0 aromatic heterocycles. The van der Waals surface area contributed by atoms with Gasteiger partial charge in [0.15, 0.2) is 0 Å². The second-order valence-electron chi connectivity index (χ2n) is 4.10. The summed E-state index contributed by atoms with van der Waals surface area (Å²) < 4.78 is 6.22. The van der Waals surface area contributed by atoms with Crippen LogP contribution in [0.3, 0.4) is 0 Å². The van der Waals surface area contributed by atoms with Crippen molar-refractivity contribution in [3.05, 3.63) is 46.4 Å². The van der Waals surface area contributed by atoms with Gasteiger partial charge in [0.1, 0.15) is 5.75 Å². The van der Waals surface area contributed by atoms with Crippen molar-refractivity contribution in [2.24, 2.45) is 0 Å². The highest BCUT2D eigenvalue weighted by molar-refractivity contribution is 9.10. The second kappa shape index (κ2) is 5.31. The van der Waals surface area contributed by atoms with Crippen LogP contribution >= 0.6 is 15.9 Å². The van der Waals surface area contributed by atoms with Crippen LogP contribution in [0.5, 0.6) is 5.75 Å². The van der Waals surface area contributed by atoms with Crippen LogP contribution in [0.15, 0.2) is 40.9 Å². The summed E-state index contributed by atoms with van der Waals surface area (Å²) in [6.07, 6.45) is 0. The van der Waals surface area contributed by atoms with Crippen molar-refractivity contribution in [3.63, 3.8) is 0 Å². The van der Waals surface area contributed by atoms with E-state index in [0.29, 0.717) is 5.69 Å². The third-order valence-corrected chi connectivity index (χ3v) is 3.04. The molecule has 3 N–H and O–H groups in total. The van der Waals surface area contributed by atoms with Crippen molar-refractivity contribution >= 4 is 33.0 Å². The molecule has 0 aliphatic rings. The zero-order valence-corrected chi connectivity index (χ0v) is 11.9. The fraction of sp³-hybridized carbons (Fsp3) is 0.143. The fourth-order valence-corrected chi connectivity index (χ4v) is 2.34. The van der Waals surface area contributed by atoms with Crippen LogP contribution in [-0.4, -0.2) is 7.11 Å². The molecule has 0 radical (unpaired) electrons. The molecule has 2 aromatic rings. The summed E-state index contributed by atoms with van der Waals surface area (Å²) >= 11 is 3.48. The van der Waals surface area contributed by atoms with Gasteiger partial charge in [0.2, 0.25) is 0 Å². The Hall–Kier alpha value is -1.68. The van der Waals surface area contributed by atoms with Crippen LogP contribution in [0.4, 0.5) is 17.1 Å². The van der Waals surface area contributed by atoms with Crippen molar-refractivity contribution in [2.45, 2.75) is 6.92 Å². The average Bonchev–Trinajstić information content (AvgIpc) is 2.30. The summed E-state index contributed by atoms with van der Waals surface area (Å²) in [7, 11) is 1.64. The Labute approximate surface area is 115 Å². The lowest BCUT2D eigenvalue weighted by atomic mass is 10.2. The molecule has 18 heavy (non-hydrogen) atoms. The highest BCUT2D eigenvalue weighted by Gasteiger charge is 2.03. The third kappa shape index (κ3) is 2.96. The molecule has 3 nitrogen and oxygen atoms in total. The number of nitrogens with two attached hydrogens (primary N) is 1. The highest BCUT2D eigenvalue weighted by Crippen LogP contribution is 2.29. The third-order valence-electron chi connectivity index (χ3n) is 2.58. The second-order valence-corrected chi connectivity index (χ2v) is 5.01. The van der Waals surface area contributed by atoms with Gasteiger partial charge >= 0.3 is 0 Å². The van der Waals surface area contributed by atoms with Crippen LogP contribution < -0.4 is 15.8 Å². The van der Waals surface area contributed by atoms with Crippen molar-refractivity contribution in [3.8, 4) is 5.75 Å². The first-order valence-electron chi connectivity index (χ1n) is 5.56. The molecule has 0 aliphatic carbocycles. The van der Waals surface area contributed by atoms with Crippen molar-refractivity contribution in [2.75, 3.05) is 18.2 Å². The van der Waals surface area contributed by atoms with Crippen molar-refractivity contribution < 1.29 is 4.74 Å². The molecule has 4 heteroatoms. The molecule has 0 aliphatic heterocycles. The number of methoxy groups -OCH3 is 1. The van der Waals surface area contributed by atoms with E-state index in [1.165, 1.54) is 5.56 Å². The van der Waals surface area contributed by atoms with E-state index in [0.717, 1.165) is 21.6 Å². The minimum absolute atomic E-state index is 0.688. The van der Waals surface area contributed by atoms with E-state index in [4.69, 9.17) is 10.5 Å². The molecule has 94 valence electrons. The van der Waals surface area contributed by atoms with Gasteiger partial charge in [-0.05, 0) is 42.8 Å². The Bertz CT molecular complexity index is 549. The lowest BCUT2D eigenvalue weighted by Crippen LogP contribution is -1.97. The maximum Gasteiger partial charge on any atom is 0.121 e. The number of rotatable bonds is 3. The standard InChI is InChI=1S/C14H15BrN2O/c1-9-5-10(15)7-11(6-9)17-14-8-12(18-2)3-4-13(14)16/h3-8,17H,16H2,1-2H3. The van der Waals surface area contributed by atoms with Crippen LogP contribution in [0.25, 0.3) is 0 Å². The van der Waals surface area contributed by atoms with Crippen molar-refractivity contribution in [1.82, 2.24) is 0 Å². The van der Waals surface area contributed by atoms with Crippen LogP contribution in [-0.2, 0) is 0 Å². The SMILES string of the molecule is COc1ccc(N)c(Nc2cc(C)cc(Br)c2)c1. The molecule has 0 saturated carbocycles. The Kier molecular flexibility index (Phi) is 3.77. The normalized spacial score (nSPS) is 10.2. The lowest BCUT2D eigenvalue weighted by Gasteiger charge is -2.12. The molecule has 0 bridgehead atoms. The minimum atomic E-state index is 0.688. The zero-order valence-electron chi connectivity index (χ0n) is 10.3. The Balaban J connectivity index is 2.33. The van der Waals surface area contributed by atoms with Gasteiger partial charge in [0, 0.05) is 16.2 Å². The average molecular weight is 307 g/mol. The summed E-state index contributed by atoms with van der Waals surface area (Å²) in [5.41, 5.74) is 9.63. The van der Waals surface area contributed by atoms with E-state index in [1.54, 1.807) is 7.11 Å². The molecule has 0 spiro atoms. The molecule has 2 aromatic carbocycles. The number of ether oxygens (including phenoxy) is 1. The van der Waals surface area contributed by atoms with Gasteiger partial charge in [-0.2, -0.15) is 0 Å². The first-order valence-corrected chi connectivity index (χ1v) is 6.35. The monoisotopic (exact) mass is 306 g/mol. The summed E-state index contributed by atoms with van der Waals surface area (Å²) in [4.78, 5) is 0. The predicted molar refractivity (Wildman–Crippen MR) is 79.6 cm³/mol. The first-order chi connectivity index (χ1) is 8.58. The molecule has 0 saturated heterocycles. The van der Waals surface area contributed by atoms with E-state index >= 15 is 0 Å². The molecule has 0 amide bonds. The van der Waals surface area contributed by atoms with E-state index in [1.807, 2.05) is 31.2 Å². The van der Waals surface area contributed by atoms with Gasteiger partial charge in [-0.15, -0.1) is 0 Å². The van der Waals surface area contributed by atoms with Gasteiger partial charge in [-0.1, -0.05) is 15.9 Å². The maximum atomic E-state index is 5.94. The molecule has 2 rings (SSSR count). The number of anilines is 3. The quantitative estimate of drug-likeness (QED) is 0.840. The molecule has 0 unspecified atom stereocenters. The Morgan fingerprint density at radius 3 is 2.61 bits per heavy atom. The van der Waals surface area contributed by atoms with Crippen LogP contribution in [0.2, 0.25) is 0 Å². The topological polar surface area (TPSA) is 47.3 Å². The fourth-order valence-electron chi connectivity index (χ4n) is 1.73. The molecule has 0 fully saturated rings. The van der Waals surface area contributed by atoms with Crippen LogP contribution in [0, 0.1) is 6.92 Å². The highest BCUT2D eigenvalue weighted by atomic mass is 79.9. The van der Waals surface area contributed by atoms with E-state index < -0.39 is 0 Å². The zero-order chi connectivity index (χ0) is 13.1. The van der Waals surface area contributed by atoms with Gasteiger partial charge in [-0.3, -0.25) is 0 Å². The number of halogens is 1. The van der Waals surface area contributed by atoms with Crippen LogP contribution in [0.1, 0.15) is 5.56 Å². The van der Waals surface area contributed by atoms with E-state index in [-0.39, 0.29) is 0 Å². The number of aryl methyl sites for hydroxylation is 1. The van der Waals surface area contributed by atoms with Crippen molar-refractivity contribution in [1.29, 1.82) is 0 Å².